The maximum atomic E-state index is 12.0. The molecule has 1 aromatic carbocycles. The van der Waals surface area contributed by atoms with Gasteiger partial charge in [-0.05, 0) is 31.4 Å². The monoisotopic (exact) mass is 330 g/mol. The molecule has 1 aromatic rings. The Morgan fingerprint density at radius 2 is 2.04 bits per heavy atom. The van der Waals surface area contributed by atoms with Crippen molar-refractivity contribution < 1.29 is 14.3 Å². The molecule has 0 spiro atoms. The van der Waals surface area contributed by atoms with E-state index in [2.05, 4.69) is 16.6 Å². The Labute approximate surface area is 144 Å². The van der Waals surface area contributed by atoms with Crippen LogP contribution in [-0.4, -0.2) is 37.9 Å². The first-order chi connectivity index (χ1) is 11.7. The van der Waals surface area contributed by atoms with Crippen LogP contribution in [0.3, 0.4) is 0 Å². The lowest BCUT2D eigenvalue weighted by Gasteiger charge is -2.38. The molecule has 5 nitrogen and oxygen atoms in total. The van der Waals surface area contributed by atoms with Crippen LogP contribution in [0.4, 0.5) is 4.79 Å². The van der Waals surface area contributed by atoms with Gasteiger partial charge in [0, 0.05) is 31.7 Å². The molecule has 0 aliphatic carbocycles. The van der Waals surface area contributed by atoms with Gasteiger partial charge in [0.1, 0.15) is 6.61 Å². The first-order valence-corrected chi connectivity index (χ1v) is 8.45. The van der Waals surface area contributed by atoms with Crippen LogP contribution in [-0.2, 0) is 16.1 Å². The van der Waals surface area contributed by atoms with Crippen molar-refractivity contribution in [3.05, 3.63) is 35.9 Å². The highest BCUT2D eigenvalue weighted by atomic mass is 16.5. The summed E-state index contributed by atoms with van der Waals surface area (Å²) in [6.45, 7) is 3.04. The summed E-state index contributed by atoms with van der Waals surface area (Å²) in [5.74, 6) is 2.65. The van der Waals surface area contributed by atoms with Gasteiger partial charge in [0.2, 0.25) is 0 Å². The maximum absolute atomic E-state index is 12.0. The molecule has 1 heterocycles. The Balaban J connectivity index is 1.76. The van der Waals surface area contributed by atoms with E-state index < -0.39 is 6.09 Å². The van der Waals surface area contributed by atoms with Crippen LogP contribution >= 0.6 is 0 Å². The summed E-state index contributed by atoms with van der Waals surface area (Å²) in [5.41, 5.74) is 0.833. The number of benzene rings is 1. The Morgan fingerprint density at radius 1 is 1.29 bits per heavy atom. The van der Waals surface area contributed by atoms with E-state index in [-0.39, 0.29) is 12.1 Å². The van der Waals surface area contributed by atoms with Gasteiger partial charge in [-0.2, -0.15) is 0 Å². The van der Waals surface area contributed by atoms with Crippen LogP contribution in [0, 0.1) is 12.3 Å². The molecule has 5 heteroatoms. The predicted octanol–water partition coefficient (Wildman–Crippen LogP) is 2.47. The van der Waals surface area contributed by atoms with Crippen molar-refractivity contribution in [1.82, 2.24) is 10.6 Å². The summed E-state index contributed by atoms with van der Waals surface area (Å²) in [7, 11) is 0. The topological polar surface area (TPSA) is 59.6 Å². The first-order valence-electron chi connectivity index (χ1n) is 8.45. The maximum Gasteiger partial charge on any atom is 0.407 e. The molecule has 0 aromatic heterocycles. The largest absolute Gasteiger partial charge is 0.445 e. The smallest absolute Gasteiger partial charge is 0.407 e. The lowest BCUT2D eigenvalue weighted by atomic mass is 9.89. The second kappa shape index (κ2) is 9.96. The van der Waals surface area contributed by atoms with Gasteiger partial charge in [-0.15, -0.1) is 12.3 Å². The number of alkyl carbamates (subject to hydrolysis) is 1. The number of hydrogen-bond acceptors (Lipinski definition) is 4. The van der Waals surface area contributed by atoms with Crippen LogP contribution in [0.5, 0.6) is 0 Å². The van der Waals surface area contributed by atoms with E-state index in [4.69, 9.17) is 15.9 Å². The Hall–Kier alpha value is -2.03. The minimum atomic E-state index is -0.393. The molecule has 0 atom stereocenters. The van der Waals surface area contributed by atoms with E-state index >= 15 is 0 Å². The quantitative estimate of drug-likeness (QED) is 0.568. The molecule has 1 fully saturated rings. The van der Waals surface area contributed by atoms with Crippen molar-refractivity contribution in [3.8, 4) is 12.3 Å². The molecule has 130 valence electrons. The summed E-state index contributed by atoms with van der Waals surface area (Å²) in [6.07, 6.45) is 8.31. The van der Waals surface area contributed by atoms with Gasteiger partial charge < -0.3 is 20.1 Å². The third-order valence-corrected chi connectivity index (χ3v) is 4.23. The third kappa shape index (κ3) is 6.23. The molecule has 1 aliphatic heterocycles. The highest BCUT2D eigenvalue weighted by Gasteiger charge is 2.32. The van der Waals surface area contributed by atoms with E-state index in [0.29, 0.717) is 19.8 Å². The Morgan fingerprint density at radius 3 is 2.75 bits per heavy atom. The SMILES string of the molecule is C#CCCCNC1(CNC(=O)OCc2ccccc2)CCOCC1. The molecule has 1 saturated heterocycles. The highest BCUT2D eigenvalue weighted by molar-refractivity contribution is 5.67. The zero-order valence-electron chi connectivity index (χ0n) is 14.1. The summed E-state index contributed by atoms with van der Waals surface area (Å²) in [6, 6.07) is 9.65. The molecule has 24 heavy (non-hydrogen) atoms. The highest BCUT2D eigenvalue weighted by Crippen LogP contribution is 2.20. The molecule has 1 aliphatic rings. The minimum absolute atomic E-state index is 0.140. The summed E-state index contributed by atoms with van der Waals surface area (Å²) in [4.78, 5) is 12.0. The fraction of sp³-hybridized carbons (Fsp3) is 0.526. The zero-order chi connectivity index (χ0) is 17.1. The van der Waals surface area contributed by atoms with Crippen molar-refractivity contribution in [3.63, 3.8) is 0 Å². The number of carbonyl (C=O) groups excluding carboxylic acids is 1. The fourth-order valence-electron chi connectivity index (χ4n) is 2.74. The van der Waals surface area contributed by atoms with E-state index in [1.165, 1.54) is 0 Å². The average molecular weight is 330 g/mol. The Kier molecular flexibility index (Phi) is 7.60. The molecule has 2 rings (SSSR count). The van der Waals surface area contributed by atoms with E-state index in [1.54, 1.807) is 0 Å². The van der Waals surface area contributed by atoms with Crippen LogP contribution in [0.25, 0.3) is 0 Å². The lowest BCUT2D eigenvalue weighted by molar-refractivity contribution is 0.0371. The number of terminal acetylenes is 1. The number of carbonyl (C=O) groups is 1. The summed E-state index contributed by atoms with van der Waals surface area (Å²) >= 11 is 0. The number of amides is 1. The van der Waals surface area contributed by atoms with Crippen LogP contribution in [0.15, 0.2) is 30.3 Å². The molecular weight excluding hydrogens is 304 g/mol. The molecular formula is C19H26N2O3. The number of unbranched alkanes of at least 4 members (excludes halogenated alkanes) is 1. The molecule has 0 radical (unpaired) electrons. The minimum Gasteiger partial charge on any atom is -0.445 e. The van der Waals surface area contributed by atoms with Crippen molar-refractivity contribution in [2.75, 3.05) is 26.3 Å². The van der Waals surface area contributed by atoms with Crippen LogP contribution in [0.2, 0.25) is 0 Å². The third-order valence-electron chi connectivity index (χ3n) is 4.23. The molecule has 0 unspecified atom stereocenters. The zero-order valence-corrected chi connectivity index (χ0v) is 14.1. The number of nitrogens with one attached hydrogen (secondary N) is 2. The van der Waals surface area contributed by atoms with E-state index in [1.807, 2.05) is 30.3 Å². The summed E-state index contributed by atoms with van der Waals surface area (Å²) in [5, 5.41) is 6.44. The van der Waals surface area contributed by atoms with Gasteiger partial charge in [-0.25, -0.2) is 4.79 Å². The van der Waals surface area contributed by atoms with Gasteiger partial charge in [0.25, 0.3) is 0 Å². The van der Waals surface area contributed by atoms with Crippen LogP contribution in [0.1, 0.15) is 31.2 Å². The normalized spacial score (nSPS) is 16.1. The van der Waals surface area contributed by atoms with Crippen molar-refractivity contribution in [1.29, 1.82) is 0 Å². The van der Waals surface area contributed by atoms with Gasteiger partial charge in [0.05, 0.1) is 0 Å². The number of rotatable bonds is 8. The first kappa shape index (κ1) is 18.3. The van der Waals surface area contributed by atoms with Gasteiger partial charge in [-0.3, -0.25) is 0 Å². The standard InChI is InChI=1S/C19H26N2O3/c1-2-3-7-12-21-19(10-13-23-14-11-19)16-20-18(22)24-15-17-8-5-4-6-9-17/h1,4-6,8-9,21H,3,7,10-16H2,(H,20,22). The van der Waals surface area contributed by atoms with Crippen molar-refractivity contribution in [2.24, 2.45) is 0 Å². The molecule has 0 bridgehead atoms. The second-order valence-corrected chi connectivity index (χ2v) is 6.04. The van der Waals surface area contributed by atoms with Crippen molar-refractivity contribution >= 4 is 6.09 Å². The van der Waals surface area contributed by atoms with Gasteiger partial charge in [-0.1, -0.05) is 30.3 Å². The van der Waals surface area contributed by atoms with E-state index in [9.17, 15) is 4.79 Å². The van der Waals surface area contributed by atoms with Crippen molar-refractivity contribution in [2.45, 2.75) is 37.8 Å². The molecule has 0 saturated carbocycles. The molecule has 2 N–H and O–H groups in total. The Bertz CT molecular complexity index is 533. The number of hydrogen-bond donors (Lipinski definition) is 2. The predicted molar refractivity (Wildman–Crippen MR) is 93.5 cm³/mol. The van der Waals surface area contributed by atoms with Gasteiger partial charge >= 0.3 is 6.09 Å². The number of ether oxygens (including phenoxy) is 2. The van der Waals surface area contributed by atoms with Gasteiger partial charge in [0.15, 0.2) is 0 Å². The van der Waals surface area contributed by atoms with E-state index in [0.717, 1.165) is 37.8 Å². The second-order valence-electron chi connectivity index (χ2n) is 6.04. The average Bonchev–Trinajstić information content (AvgIpc) is 2.64. The molecule has 1 amide bonds. The fourth-order valence-corrected chi connectivity index (χ4v) is 2.74. The lowest BCUT2D eigenvalue weighted by Crippen LogP contribution is -2.56. The summed E-state index contributed by atoms with van der Waals surface area (Å²) < 4.78 is 10.7. The van der Waals surface area contributed by atoms with Crippen LogP contribution < -0.4 is 10.6 Å².